The topological polar surface area (TPSA) is 78.9 Å². The van der Waals surface area contributed by atoms with Gasteiger partial charge in [-0.2, -0.15) is 0 Å². The van der Waals surface area contributed by atoms with Crippen molar-refractivity contribution in [3.05, 3.63) is 66.0 Å². The molecule has 2 atom stereocenters. The normalized spacial score (nSPS) is 23.1. The Labute approximate surface area is 174 Å². The molecule has 2 aliphatic heterocycles. The quantitative estimate of drug-likeness (QED) is 0.809. The number of amides is 2. The molecule has 6 nitrogen and oxygen atoms in total. The van der Waals surface area contributed by atoms with Gasteiger partial charge in [-0.15, -0.1) is 0 Å². The van der Waals surface area contributed by atoms with Crippen molar-refractivity contribution in [2.45, 2.75) is 31.4 Å². The third kappa shape index (κ3) is 4.03. The Hall–Kier alpha value is -2.93. The highest BCUT2D eigenvalue weighted by Gasteiger charge is 2.49. The van der Waals surface area contributed by atoms with Gasteiger partial charge in [0.15, 0.2) is 18.2 Å². The summed E-state index contributed by atoms with van der Waals surface area (Å²) >= 11 is 0. The maximum absolute atomic E-state index is 13.6. The number of ether oxygens (including phenoxy) is 1. The summed E-state index contributed by atoms with van der Waals surface area (Å²) in [6.07, 6.45) is 0.634. The lowest BCUT2D eigenvalue weighted by molar-refractivity contribution is -0.148. The average Bonchev–Trinajstić information content (AvgIpc) is 2.77. The summed E-state index contributed by atoms with van der Waals surface area (Å²) in [5.74, 6) is -0.784. The van der Waals surface area contributed by atoms with Crippen LogP contribution in [0.3, 0.4) is 0 Å². The maximum Gasteiger partial charge on any atom is 0.260 e. The van der Waals surface area contributed by atoms with Crippen LogP contribution in [0.25, 0.3) is 0 Å². The molecule has 1 spiro atoms. The predicted molar refractivity (Wildman–Crippen MR) is 108 cm³/mol. The van der Waals surface area contributed by atoms with Crippen LogP contribution in [0, 0.1) is 11.2 Å². The van der Waals surface area contributed by atoms with Crippen molar-refractivity contribution in [1.82, 2.24) is 10.2 Å². The van der Waals surface area contributed by atoms with Crippen molar-refractivity contribution in [1.29, 1.82) is 0 Å². The van der Waals surface area contributed by atoms with E-state index in [-0.39, 0.29) is 24.2 Å². The second kappa shape index (κ2) is 8.44. The van der Waals surface area contributed by atoms with Gasteiger partial charge >= 0.3 is 0 Å². The molecule has 2 heterocycles. The number of hydrogen-bond donors (Lipinski definition) is 2. The Bertz CT molecular complexity index is 912. The smallest absolute Gasteiger partial charge is 0.260 e. The van der Waals surface area contributed by atoms with E-state index in [9.17, 15) is 19.1 Å². The number of para-hydroxylation sites is 1. The lowest BCUT2D eigenvalue weighted by Gasteiger charge is -2.46. The van der Waals surface area contributed by atoms with Crippen molar-refractivity contribution in [3.8, 4) is 5.75 Å². The number of aliphatic hydroxyl groups excluding tert-OH is 1. The highest BCUT2D eigenvalue weighted by molar-refractivity contribution is 5.85. The molecule has 2 aromatic rings. The first-order chi connectivity index (χ1) is 14.5. The zero-order valence-electron chi connectivity index (χ0n) is 16.6. The van der Waals surface area contributed by atoms with Crippen LogP contribution in [-0.4, -0.2) is 47.6 Å². The Balaban J connectivity index is 1.34. The van der Waals surface area contributed by atoms with Gasteiger partial charge in [-0.05, 0) is 37.0 Å². The molecule has 0 saturated carbocycles. The van der Waals surface area contributed by atoms with Crippen molar-refractivity contribution < 1.29 is 23.8 Å². The minimum absolute atomic E-state index is 0.0427. The predicted octanol–water partition coefficient (Wildman–Crippen LogP) is 2.44. The number of carbonyl (C=O) groups excluding carboxylic acids is 2. The van der Waals surface area contributed by atoms with Gasteiger partial charge in [0.05, 0.1) is 17.6 Å². The largest absolute Gasteiger partial charge is 0.481 e. The molecule has 0 unspecified atom stereocenters. The van der Waals surface area contributed by atoms with Crippen LogP contribution in [0.4, 0.5) is 4.39 Å². The van der Waals surface area contributed by atoms with Crippen LogP contribution >= 0.6 is 0 Å². The number of halogens is 1. The number of carbonyl (C=O) groups is 2. The molecule has 0 radical (unpaired) electrons. The fraction of sp³-hybridized carbons (Fsp3) is 0.391. The van der Waals surface area contributed by atoms with Gasteiger partial charge in [0.25, 0.3) is 5.91 Å². The highest BCUT2D eigenvalue weighted by atomic mass is 19.1. The molecule has 0 aliphatic carbocycles. The third-order valence-electron chi connectivity index (χ3n) is 6.17. The number of hydrogen-bond acceptors (Lipinski definition) is 4. The molecular formula is C23H25FN2O4. The molecule has 0 aromatic heterocycles. The van der Waals surface area contributed by atoms with E-state index in [2.05, 4.69) is 5.32 Å². The van der Waals surface area contributed by atoms with Crippen molar-refractivity contribution in [2.24, 2.45) is 5.41 Å². The van der Waals surface area contributed by atoms with Gasteiger partial charge < -0.3 is 20.1 Å². The molecular weight excluding hydrogens is 387 g/mol. The first kappa shape index (κ1) is 20.3. The molecule has 2 fully saturated rings. The Morgan fingerprint density at radius 2 is 1.80 bits per heavy atom. The summed E-state index contributed by atoms with van der Waals surface area (Å²) in [6.45, 7) is 0.546. The van der Waals surface area contributed by atoms with E-state index < -0.39 is 23.4 Å². The zero-order chi connectivity index (χ0) is 21.1. The lowest BCUT2D eigenvalue weighted by atomic mass is 9.69. The number of benzene rings is 2. The van der Waals surface area contributed by atoms with Crippen LogP contribution in [0.2, 0.25) is 0 Å². The average molecular weight is 412 g/mol. The first-order valence-electron chi connectivity index (χ1n) is 10.2. The summed E-state index contributed by atoms with van der Waals surface area (Å²) in [5, 5.41) is 13.7. The molecule has 158 valence electrons. The number of rotatable bonds is 4. The molecule has 4 rings (SSSR count). The summed E-state index contributed by atoms with van der Waals surface area (Å²) in [5.41, 5.74) is 0.208. The maximum atomic E-state index is 13.6. The number of nitrogens with zero attached hydrogens (tertiary/aromatic N) is 1. The van der Waals surface area contributed by atoms with Gasteiger partial charge in [-0.25, -0.2) is 4.39 Å². The fourth-order valence-electron chi connectivity index (χ4n) is 4.38. The molecule has 7 heteroatoms. The second-order valence-electron chi connectivity index (χ2n) is 8.01. The van der Waals surface area contributed by atoms with Crippen molar-refractivity contribution in [2.75, 3.05) is 19.7 Å². The highest BCUT2D eigenvalue weighted by Crippen LogP contribution is 2.42. The molecule has 2 aromatic carbocycles. The number of piperidine rings is 2. The zero-order valence-corrected chi connectivity index (χ0v) is 16.6. The van der Waals surface area contributed by atoms with Gasteiger partial charge in [0.1, 0.15) is 0 Å². The van der Waals surface area contributed by atoms with Gasteiger partial charge in [0, 0.05) is 13.1 Å². The van der Waals surface area contributed by atoms with E-state index in [1.54, 1.807) is 17.0 Å². The van der Waals surface area contributed by atoms with Crippen molar-refractivity contribution in [3.63, 3.8) is 0 Å². The van der Waals surface area contributed by atoms with Gasteiger partial charge in [0.2, 0.25) is 5.91 Å². The second-order valence-corrected chi connectivity index (χ2v) is 8.01. The van der Waals surface area contributed by atoms with Gasteiger partial charge in [-0.1, -0.05) is 42.5 Å². The van der Waals surface area contributed by atoms with Crippen LogP contribution < -0.4 is 10.1 Å². The fourth-order valence-corrected chi connectivity index (χ4v) is 4.38. The first-order valence-corrected chi connectivity index (χ1v) is 10.2. The van der Waals surface area contributed by atoms with E-state index in [1.165, 1.54) is 12.1 Å². The number of nitrogens with one attached hydrogen (secondary N) is 1. The molecule has 30 heavy (non-hydrogen) atoms. The number of aliphatic hydroxyl groups is 1. The minimum atomic E-state index is -0.684. The summed E-state index contributed by atoms with van der Waals surface area (Å²) < 4.78 is 18.9. The van der Waals surface area contributed by atoms with Gasteiger partial charge in [-0.3, -0.25) is 9.59 Å². The third-order valence-corrected chi connectivity index (χ3v) is 6.17. The van der Waals surface area contributed by atoms with E-state index in [0.29, 0.717) is 32.4 Å². The summed E-state index contributed by atoms with van der Waals surface area (Å²) in [4.78, 5) is 27.0. The summed E-state index contributed by atoms with van der Waals surface area (Å²) in [7, 11) is 0. The molecule has 2 N–H and O–H groups in total. The molecule has 2 saturated heterocycles. The Morgan fingerprint density at radius 3 is 2.50 bits per heavy atom. The molecule has 2 aliphatic rings. The lowest BCUT2D eigenvalue weighted by Crippen LogP contribution is -2.57. The van der Waals surface area contributed by atoms with E-state index in [0.717, 1.165) is 5.56 Å². The number of likely N-dealkylation sites (tertiary alicyclic amines) is 1. The van der Waals surface area contributed by atoms with E-state index >= 15 is 0 Å². The van der Waals surface area contributed by atoms with E-state index in [1.807, 2.05) is 30.3 Å². The van der Waals surface area contributed by atoms with Crippen LogP contribution in [0.15, 0.2) is 54.6 Å². The monoisotopic (exact) mass is 412 g/mol. The standard InChI is InChI=1S/C23H25FN2O4/c24-17-8-4-5-9-19(17)30-15-20(28)26-12-10-23(11-13-26)14-18(27)21(25-22(23)29)16-6-2-1-3-7-16/h1-9,18,21,27H,10-15H2,(H,25,29)/t18-,21+/m1/s1. The van der Waals surface area contributed by atoms with Crippen LogP contribution in [-0.2, 0) is 9.59 Å². The Kier molecular flexibility index (Phi) is 5.72. The van der Waals surface area contributed by atoms with Crippen LogP contribution in [0.1, 0.15) is 30.9 Å². The van der Waals surface area contributed by atoms with E-state index in [4.69, 9.17) is 4.74 Å². The molecule has 0 bridgehead atoms. The SMILES string of the molecule is O=C(COc1ccccc1F)N1CCC2(CC1)C[C@@H](O)[C@H](c1ccccc1)NC2=O. The van der Waals surface area contributed by atoms with Crippen LogP contribution in [0.5, 0.6) is 5.75 Å². The van der Waals surface area contributed by atoms with Crippen molar-refractivity contribution >= 4 is 11.8 Å². The minimum Gasteiger partial charge on any atom is -0.481 e. The molecule has 2 amide bonds. The Morgan fingerprint density at radius 1 is 1.13 bits per heavy atom. The summed E-state index contributed by atoms with van der Waals surface area (Å²) in [6, 6.07) is 15.0.